The van der Waals surface area contributed by atoms with E-state index < -0.39 is 0 Å². The van der Waals surface area contributed by atoms with Crippen molar-refractivity contribution in [2.45, 2.75) is 32.9 Å². The summed E-state index contributed by atoms with van der Waals surface area (Å²) in [5.74, 6) is 0.909. The highest BCUT2D eigenvalue weighted by Crippen LogP contribution is 2.33. The first kappa shape index (κ1) is 15.9. The number of halogens is 1. The van der Waals surface area contributed by atoms with E-state index in [0.29, 0.717) is 0 Å². The zero-order chi connectivity index (χ0) is 15.4. The second-order valence-electron chi connectivity index (χ2n) is 5.38. The minimum Gasteiger partial charge on any atom is -0.491 e. The molecule has 0 saturated heterocycles. The number of para-hydroxylation sites is 1. The molecule has 0 radical (unpaired) electrons. The molecule has 0 heterocycles. The van der Waals surface area contributed by atoms with Crippen molar-refractivity contribution in [1.29, 1.82) is 0 Å². The molecule has 2 aromatic carbocycles. The summed E-state index contributed by atoms with van der Waals surface area (Å²) in [5.41, 5.74) is 3.39. The summed E-state index contributed by atoms with van der Waals surface area (Å²) in [7, 11) is 1.96. The number of ether oxygens (including phenoxy) is 1. The monoisotopic (exact) mass is 303 g/mol. The van der Waals surface area contributed by atoms with E-state index in [1.807, 2.05) is 58.2 Å². The van der Waals surface area contributed by atoms with Crippen LogP contribution in [0.2, 0.25) is 5.02 Å². The summed E-state index contributed by atoms with van der Waals surface area (Å²) in [5, 5.41) is 4.16. The molecule has 112 valence electrons. The van der Waals surface area contributed by atoms with Crippen molar-refractivity contribution < 1.29 is 4.74 Å². The predicted molar refractivity (Wildman–Crippen MR) is 89.3 cm³/mol. The van der Waals surface area contributed by atoms with Crippen LogP contribution in [-0.2, 0) is 0 Å². The van der Waals surface area contributed by atoms with Crippen LogP contribution >= 0.6 is 11.6 Å². The summed E-state index contributed by atoms with van der Waals surface area (Å²) in [6.45, 7) is 6.12. The Morgan fingerprint density at radius 2 is 1.67 bits per heavy atom. The van der Waals surface area contributed by atoms with Crippen LogP contribution in [0.4, 0.5) is 0 Å². The number of nitrogens with one attached hydrogen (secondary N) is 1. The number of hydrogen-bond acceptors (Lipinski definition) is 2. The molecule has 1 N–H and O–H groups in total. The molecule has 0 aliphatic carbocycles. The van der Waals surface area contributed by atoms with Gasteiger partial charge in [-0.15, -0.1) is 0 Å². The Morgan fingerprint density at radius 1 is 1.00 bits per heavy atom. The van der Waals surface area contributed by atoms with Gasteiger partial charge in [0.05, 0.1) is 12.1 Å². The zero-order valence-corrected chi connectivity index (χ0v) is 13.7. The van der Waals surface area contributed by atoms with Crippen LogP contribution in [0.5, 0.6) is 5.75 Å². The van der Waals surface area contributed by atoms with Gasteiger partial charge in [-0.1, -0.05) is 41.9 Å². The Balaban J connectivity index is 2.49. The van der Waals surface area contributed by atoms with E-state index in [4.69, 9.17) is 16.3 Å². The number of hydrogen-bond donors (Lipinski definition) is 1. The smallest absolute Gasteiger partial charge is 0.124 e. The van der Waals surface area contributed by atoms with E-state index in [1.54, 1.807) is 0 Å². The van der Waals surface area contributed by atoms with Crippen LogP contribution in [0.25, 0.3) is 0 Å². The molecule has 0 spiro atoms. The largest absolute Gasteiger partial charge is 0.491 e. The first-order valence-electron chi connectivity index (χ1n) is 7.22. The molecule has 2 aromatic rings. The molecule has 0 bridgehead atoms. The highest BCUT2D eigenvalue weighted by molar-refractivity contribution is 6.31. The lowest BCUT2D eigenvalue weighted by atomic mass is 9.94. The fourth-order valence-corrected chi connectivity index (χ4v) is 2.68. The van der Waals surface area contributed by atoms with Crippen molar-refractivity contribution in [3.05, 3.63) is 64.2 Å². The average Bonchev–Trinajstić information content (AvgIpc) is 2.45. The summed E-state index contributed by atoms with van der Waals surface area (Å²) in [4.78, 5) is 0. The molecule has 0 fully saturated rings. The molecule has 3 heteroatoms. The Hall–Kier alpha value is -1.51. The maximum Gasteiger partial charge on any atom is 0.124 e. The van der Waals surface area contributed by atoms with Gasteiger partial charge in [0.25, 0.3) is 0 Å². The molecule has 1 atom stereocenters. The SMILES string of the molecule is CNC(c1ccccc1OC(C)C)c1cccc(Cl)c1C. The predicted octanol–water partition coefficient (Wildman–Crippen LogP) is 4.74. The molecule has 0 amide bonds. The van der Waals surface area contributed by atoms with Crippen molar-refractivity contribution >= 4 is 11.6 Å². The van der Waals surface area contributed by atoms with Crippen molar-refractivity contribution in [1.82, 2.24) is 5.32 Å². The van der Waals surface area contributed by atoms with Gasteiger partial charge in [0.1, 0.15) is 5.75 Å². The third-order valence-corrected chi connectivity index (χ3v) is 3.91. The molecular weight excluding hydrogens is 282 g/mol. The lowest BCUT2D eigenvalue weighted by Gasteiger charge is -2.23. The normalized spacial score (nSPS) is 12.5. The fourth-order valence-electron chi connectivity index (χ4n) is 2.50. The molecule has 0 aromatic heterocycles. The van der Waals surface area contributed by atoms with E-state index in [2.05, 4.69) is 17.4 Å². The van der Waals surface area contributed by atoms with Gasteiger partial charge >= 0.3 is 0 Å². The van der Waals surface area contributed by atoms with Gasteiger partial charge in [-0.25, -0.2) is 0 Å². The van der Waals surface area contributed by atoms with Gasteiger partial charge in [-0.2, -0.15) is 0 Å². The Labute approximate surface area is 132 Å². The van der Waals surface area contributed by atoms with Crippen LogP contribution in [0, 0.1) is 6.92 Å². The van der Waals surface area contributed by atoms with E-state index >= 15 is 0 Å². The van der Waals surface area contributed by atoms with Crippen molar-refractivity contribution in [2.24, 2.45) is 0 Å². The molecule has 1 unspecified atom stereocenters. The minimum atomic E-state index is 0.0543. The Kier molecular flexibility index (Phi) is 5.27. The molecular formula is C18H22ClNO. The van der Waals surface area contributed by atoms with Gasteiger partial charge in [-0.05, 0) is 51.1 Å². The van der Waals surface area contributed by atoms with Crippen molar-refractivity contribution in [3.8, 4) is 5.75 Å². The van der Waals surface area contributed by atoms with E-state index in [9.17, 15) is 0 Å². The quantitative estimate of drug-likeness (QED) is 0.861. The van der Waals surface area contributed by atoms with Crippen molar-refractivity contribution in [2.75, 3.05) is 7.05 Å². The molecule has 0 aliphatic rings. The van der Waals surface area contributed by atoms with Crippen LogP contribution in [0.1, 0.15) is 36.6 Å². The standard InChI is InChI=1S/C18H22ClNO/c1-12(2)21-17-11-6-5-8-15(17)18(20-4)14-9-7-10-16(19)13(14)3/h5-12,18,20H,1-4H3. The maximum absolute atomic E-state index is 6.27. The van der Waals surface area contributed by atoms with Gasteiger partial charge in [0.15, 0.2) is 0 Å². The Bertz CT molecular complexity index is 610. The van der Waals surface area contributed by atoms with Crippen molar-refractivity contribution in [3.63, 3.8) is 0 Å². The fraction of sp³-hybridized carbons (Fsp3) is 0.333. The minimum absolute atomic E-state index is 0.0543. The lowest BCUT2D eigenvalue weighted by Crippen LogP contribution is -2.20. The number of benzene rings is 2. The van der Waals surface area contributed by atoms with Crippen LogP contribution in [-0.4, -0.2) is 13.2 Å². The van der Waals surface area contributed by atoms with Gasteiger partial charge in [0.2, 0.25) is 0 Å². The number of rotatable bonds is 5. The van der Waals surface area contributed by atoms with Crippen LogP contribution < -0.4 is 10.1 Å². The molecule has 0 aliphatic heterocycles. The average molecular weight is 304 g/mol. The lowest BCUT2D eigenvalue weighted by molar-refractivity contribution is 0.238. The summed E-state index contributed by atoms with van der Waals surface area (Å²) >= 11 is 6.27. The van der Waals surface area contributed by atoms with E-state index in [-0.39, 0.29) is 12.1 Å². The second-order valence-corrected chi connectivity index (χ2v) is 5.79. The summed E-state index contributed by atoms with van der Waals surface area (Å²) < 4.78 is 5.95. The zero-order valence-electron chi connectivity index (χ0n) is 13.0. The Morgan fingerprint density at radius 3 is 2.33 bits per heavy atom. The molecule has 21 heavy (non-hydrogen) atoms. The summed E-state index contributed by atoms with van der Waals surface area (Å²) in [6, 6.07) is 14.2. The third kappa shape index (κ3) is 3.58. The van der Waals surface area contributed by atoms with E-state index in [0.717, 1.165) is 21.9 Å². The van der Waals surface area contributed by atoms with Crippen LogP contribution in [0.15, 0.2) is 42.5 Å². The maximum atomic E-state index is 6.27. The molecule has 2 rings (SSSR count). The molecule has 0 saturated carbocycles. The van der Waals surface area contributed by atoms with Gasteiger partial charge in [0, 0.05) is 10.6 Å². The topological polar surface area (TPSA) is 21.3 Å². The van der Waals surface area contributed by atoms with Crippen LogP contribution in [0.3, 0.4) is 0 Å². The third-order valence-electron chi connectivity index (χ3n) is 3.50. The first-order valence-corrected chi connectivity index (χ1v) is 7.60. The highest BCUT2D eigenvalue weighted by atomic mass is 35.5. The highest BCUT2D eigenvalue weighted by Gasteiger charge is 2.19. The van der Waals surface area contributed by atoms with Gasteiger partial charge < -0.3 is 10.1 Å². The van der Waals surface area contributed by atoms with Gasteiger partial charge in [-0.3, -0.25) is 0 Å². The second kappa shape index (κ2) is 6.97. The summed E-state index contributed by atoms with van der Waals surface area (Å²) in [6.07, 6.45) is 0.143. The molecule has 2 nitrogen and oxygen atoms in total. The van der Waals surface area contributed by atoms with E-state index in [1.165, 1.54) is 5.56 Å². The first-order chi connectivity index (χ1) is 10.0.